The molecule has 3 aromatic rings. The van der Waals surface area contributed by atoms with Gasteiger partial charge in [-0.15, -0.1) is 0 Å². The fourth-order valence-corrected chi connectivity index (χ4v) is 4.58. The lowest BCUT2D eigenvalue weighted by atomic mass is 9.92. The highest BCUT2D eigenvalue weighted by Gasteiger charge is 2.31. The first kappa shape index (κ1) is 19.0. The van der Waals surface area contributed by atoms with Crippen LogP contribution in [0.2, 0.25) is 0 Å². The van der Waals surface area contributed by atoms with Crippen molar-refractivity contribution >= 4 is 0 Å². The van der Waals surface area contributed by atoms with Crippen molar-refractivity contribution in [1.82, 2.24) is 9.47 Å². The summed E-state index contributed by atoms with van der Waals surface area (Å²) >= 11 is 0. The molecule has 1 aromatic heterocycles. The highest BCUT2D eigenvalue weighted by Crippen LogP contribution is 2.45. The highest BCUT2D eigenvalue weighted by molar-refractivity contribution is 5.88. The smallest absolute Gasteiger partial charge is 0.107 e. The molecule has 0 aliphatic carbocycles. The van der Waals surface area contributed by atoms with Gasteiger partial charge in [-0.1, -0.05) is 74.5 Å². The topological polar surface area (TPSA) is 28.4 Å². The van der Waals surface area contributed by atoms with E-state index in [1.807, 2.05) is 0 Å². The lowest BCUT2D eigenvalue weighted by Gasteiger charge is -2.24. The monoisotopic (exact) mass is 374 g/mol. The van der Waals surface area contributed by atoms with Crippen LogP contribution in [-0.2, 0) is 13.0 Å². The summed E-state index contributed by atoms with van der Waals surface area (Å²) in [4.78, 5) is 2.30. The molecule has 0 saturated heterocycles. The predicted molar refractivity (Wildman–Crippen MR) is 116 cm³/mol. The van der Waals surface area contributed by atoms with Crippen molar-refractivity contribution in [3.8, 4) is 22.3 Å². The Morgan fingerprint density at radius 3 is 2.04 bits per heavy atom. The molecule has 1 aliphatic heterocycles. The Hall–Kier alpha value is -2.36. The van der Waals surface area contributed by atoms with Crippen molar-refractivity contribution in [3.63, 3.8) is 0 Å². The molecule has 3 heteroatoms. The largest absolute Gasteiger partial charge is 0.386 e. The number of benzene rings is 2. The van der Waals surface area contributed by atoms with Crippen LogP contribution in [0.1, 0.15) is 37.8 Å². The van der Waals surface area contributed by atoms with Crippen molar-refractivity contribution in [2.75, 3.05) is 19.6 Å². The van der Waals surface area contributed by atoms with Gasteiger partial charge < -0.3 is 14.6 Å². The average Bonchev–Trinajstić information content (AvgIpc) is 3.33. The van der Waals surface area contributed by atoms with Gasteiger partial charge in [0.15, 0.2) is 0 Å². The first-order valence-electron chi connectivity index (χ1n) is 10.5. The number of rotatable bonds is 7. The Labute approximate surface area is 168 Å². The summed E-state index contributed by atoms with van der Waals surface area (Å²) in [6.45, 7) is 7.89. The molecule has 0 saturated carbocycles. The third-order valence-corrected chi connectivity index (χ3v) is 5.97. The van der Waals surface area contributed by atoms with Crippen LogP contribution in [0.25, 0.3) is 22.3 Å². The third-order valence-electron chi connectivity index (χ3n) is 5.97. The summed E-state index contributed by atoms with van der Waals surface area (Å²) in [6, 6.07) is 21.3. The molecule has 0 unspecified atom stereocenters. The number of nitrogens with zero attached hydrogens (tertiary/aromatic N) is 2. The van der Waals surface area contributed by atoms with Gasteiger partial charge in [0.05, 0.1) is 5.69 Å². The van der Waals surface area contributed by atoms with E-state index < -0.39 is 6.10 Å². The van der Waals surface area contributed by atoms with Crippen molar-refractivity contribution in [2.45, 2.75) is 39.3 Å². The second-order valence-electron chi connectivity index (χ2n) is 7.57. The number of fused-ring (bicyclic) bond motifs is 1. The molecule has 2 heterocycles. The van der Waals surface area contributed by atoms with Gasteiger partial charge >= 0.3 is 0 Å². The number of aliphatic hydroxyl groups excluding tert-OH is 1. The number of hydrogen-bond donors (Lipinski definition) is 1. The molecule has 1 atom stereocenters. The van der Waals surface area contributed by atoms with Gasteiger partial charge in [0.25, 0.3) is 0 Å². The molecule has 4 rings (SSSR count). The minimum absolute atomic E-state index is 0.496. The Morgan fingerprint density at radius 1 is 0.893 bits per heavy atom. The highest BCUT2D eigenvalue weighted by atomic mass is 16.3. The zero-order valence-corrected chi connectivity index (χ0v) is 16.9. The van der Waals surface area contributed by atoms with E-state index >= 15 is 0 Å². The van der Waals surface area contributed by atoms with Crippen LogP contribution in [0.15, 0.2) is 60.7 Å². The van der Waals surface area contributed by atoms with Gasteiger partial charge in [-0.05, 0) is 37.1 Å². The molecule has 1 aliphatic rings. The number of aromatic nitrogens is 1. The summed E-state index contributed by atoms with van der Waals surface area (Å²) < 4.78 is 2.40. The maximum absolute atomic E-state index is 11.4. The zero-order valence-electron chi connectivity index (χ0n) is 16.9. The van der Waals surface area contributed by atoms with Crippen molar-refractivity contribution < 1.29 is 5.11 Å². The number of hydrogen-bond acceptors (Lipinski definition) is 2. The number of aliphatic hydroxyl groups is 1. The Balaban J connectivity index is 1.93. The molecule has 0 amide bonds. The first-order valence-corrected chi connectivity index (χ1v) is 10.5. The van der Waals surface area contributed by atoms with E-state index in [1.54, 1.807) is 0 Å². The van der Waals surface area contributed by atoms with Crippen molar-refractivity contribution in [1.29, 1.82) is 0 Å². The van der Waals surface area contributed by atoms with E-state index in [2.05, 4.69) is 84.0 Å². The summed E-state index contributed by atoms with van der Waals surface area (Å²) in [7, 11) is 0. The van der Waals surface area contributed by atoms with Gasteiger partial charge in [-0.3, -0.25) is 0 Å². The van der Waals surface area contributed by atoms with Crippen LogP contribution in [0.4, 0.5) is 0 Å². The van der Waals surface area contributed by atoms with Crippen molar-refractivity contribution in [3.05, 3.63) is 72.1 Å². The molecular formula is C25H30N2O. The summed E-state index contributed by atoms with van der Waals surface area (Å²) in [6.07, 6.45) is 1.72. The number of likely N-dealkylation sites (N-methyl/N-ethyl adjacent to an activating group) is 1. The van der Waals surface area contributed by atoms with Gasteiger partial charge in [-0.25, -0.2) is 0 Å². The molecule has 0 bridgehead atoms. The van der Waals surface area contributed by atoms with E-state index in [-0.39, 0.29) is 0 Å². The molecule has 0 radical (unpaired) electrons. The minimum atomic E-state index is -0.496. The first-order chi connectivity index (χ1) is 13.7. The second kappa shape index (κ2) is 8.34. The van der Waals surface area contributed by atoms with Crippen LogP contribution in [0.3, 0.4) is 0 Å². The molecule has 3 nitrogen and oxygen atoms in total. The Bertz CT molecular complexity index is 911. The Kier molecular flexibility index (Phi) is 5.65. The predicted octanol–water partition coefficient (Wildman–Crippen LogP) is 5.14. The second-order valence-corrected chi connectivity index (χ2v) is 7.57. The lowest BCUT2D eigenvalue weighted by molar-refractivity contribution is 0.113. The van der Waals surface area contributed by atoms with E-state index in [0.717, 1.165) is 38.2 Å². The summed E-state index contributed by atoms with van der Waals surface area (Å²) in [5.74, 6) is 0. The molecule has 28 heavy (non-hydrogen) atoms. The summed E-state index contributed by atoms with van der Waals surface area (Å²) in [5, 5.41) is 11.4. The third kappa shape index (κ3) is 3.41. The quantitative estimate of drug-likeness (QED) is 0.620. The van der Waals surface area contributed by atoms with E-state index in [4.69, 9.17) is 0 Å². The van der Waals surface area contributed by atoms with Gasteiger partial charge in [0.2, 0.25) is 0 Å². The fraction of sp³-hybridized carbons (Fsp3) is 0.360. The molecule has 0 fully saturated rings. The van der Waals surface area contributed by atoms with Crippen LogP contribution in [-0.4, -0.2) is 34.2 Å². The Morgan fingerprint density at radius 2 is 1.46 bits per heavy atom. The normalized spacial score (nSPS) is 14.4. The van der Waals surface area contributed by atoms with Gasteiger partial charge in [0.1, 0.15) is 6.10 Å². The lowest BCUT2D eigenvalue weighted by Crippen LogP contribution is -2.29. The average molecular weight is 375 g/mol. The molecular weight excluding hydrogens is 344 g/mol. The van der Waals surface area contributed by atoms with Crippen LogP contribution < -0.4 is 0 Å². The van der Waals surface area contributed by atoms with E-state index in [9.17, 15) is 5.11 Å². The van der Waals surface area contributed by atoms with Gasteiger partial charge in [0, 0.05) is 29.9 Å². The maximum Gasteiger partial charge on any atom is 0.107 e. The zero-order chi connectivity index (χ0) is 19.5. The molecule has 2 aromatic carbocycles. The minimum Gasteiger partial charge on any atom is -0.386 e. The van der Waals surface area contributed by atoms with Crippen molar-refractivity contribution in [2.24, 2.45) is 0 Å². The van der Waals surface area contributed by atoms with E-state index in [1.165, 1.54) is 27.9 Å². The van der Waals surface area contributed by atoms with Gasteiger partial charge in [-0.2, -0.15) is 0 Å². The fourth-order valence-electron chi connectivity index (χ4n) is 4.58. The standard InChI is InChI=1S/C25H30N2O/c1-3-26(4-2)18-22(28)25-24(20-14-9-6-10-15-20)23(19-12-7-5-8-13-19)21-16-11-17-27(21)25/h5-10,12-15,22,28H,3-4,11,16-18H2,1-2H3/t22-/m0/s1. The summed E-state index contributed by atoms with van der Waals surface area (Å²) in [5.41, 5.74) is 7.41. The SMILES string of the molecule is CCN(CC)C[C@H](O)c1c(-c2ccccc2)c(-c2ccccc2)c2n1CCC2. The van der Waals surface area contributed by atoms with Crippen LogP contribution in [0, 0.1) is 0 Å². The maximum atomic E-state index is 11.4. The van der Waals surface area contributed by atoms with E-state index in [0.29, 0.717) is 6.54 Å². The van der Waals surface area contributed by atoms with Crippen LogP contribution >= 0.6 is 0 Å². The molecule has 146 valence electrons. The molecule has 0 spiro atoms. The molecule has 1 N–H and O–H groups in total. The van der Waals surface area contributed by atoms with Crippen LogP contribution in [0.5, 0.6) is 0 Å².